The topological polar surface area (TPSA) is 141 Å². The molecule has 0 aliphatic heterocycles. The van der Waals surface area contributed by atoms with Crippen LogP contribution in [0.15, 0.2) is 24.3 Å². The molecule has 2 heterocycles. The van der Waals surface area contributed by atoms with Crippen LogP contribution in [-0.2, 0) is 17.5 Å². The monoisotopic (exact) mass is 666 g/mol. The second-order valence-electron chi connectivity index (χ2n) is 11.3. The minimum atomic E-state index is -4.82. The van der Waals surface area contributed by atoms with Crippen molar-refractivity contribution in [2.24, 2.45) is 5.92 Å². The van der Waals surface area contributed by atoms with Gasteiger partial charge in [-0.1, -0.05) is 6.07 Å². The molecule has 0 spiro atoms. The van der Waals surface area contributed by atoms with Crippen LogP contribution in [0.3, 0.4) is 0 Å². The van der Waals surface area contributed by atoms with E-state index in [1.807, 2.05) is 0 Å². The molecule has 1 aromatic carbocycles. The number of carbonyl (C=O) groups excluding carboxylic acids is 2. The molecule has 2 aromatic heterocycles. The van der Waals surface area contributed by atoms with Crippen molar-refractivity contribution in [3.8, 4) is 5.88 Å². The Balaban J connectivity index is 1.60. The summed E-state index contributed by atoms with van der Waals surface area (Å²) in [5.74, 6) is -3.96. The van der Waals surface area contributed by atoms with Crippen molar-refractivity contribution in [3.05, 3.63) is 41.0 Å². The second kappa shape index (κ2) is 13.3. The SMILES string of the molecule is CC(C)(O)C(=O)NCc1ccc(C(F)(F)F)c(Nc2nc3nc(OCC(F)F)c(C(=O)NC4CCC(C(F)(F)F)CC4)cc3[nH]2)c1. The maximum atomic E-state index is 13.8. The van der Waals surface area contributed by atoms with E-state index in [9.17, 15) is 49.8 Å². The van der Waals surface area contributed by atoms with Gasteiger partial charge in [-0.05, 0) is 63.3 Å². The van der Waals surface area contributed by atoms with Crippen molar-refractivity contribution in [3.63, 3.8) is 0 Å². The third-order valence-corrected chi connectivity index (χ3v) is 7.21. The Labute approximate surface area is 256 Å². The quantitative estimate of drug-likeness (QED) is 0.178. The largest absolute Gasteiger partial charge is 0.471 e. The first-order valence-corrected chi connectivity index (χ1v) is 14.0. The summed E-state index contributed by atoms with van der Waals surface area (Å²) in [6.45, 7) is 1.09. The third kappa shape index (κ3) is 8.73. The van der Waals surface area contributed by atoms with E-state index in [0.29, 0.717) is 0 Å². The number of pyridine rings is 1. The maximum absolute atomic E-state index is 13.8. The number of ether oxygens (including phenoxy) is 1. The highest BCUT2D eigenvalue weighted by Gasteiger charge is 2.41. The van der Waals surface area contributed by atoms with Crippen LogP contribution >= 0.6 is 0 Å². The van der Waals surface area contributed by atoms with Gasteiger partial charge in [0.25, 0.3) is 18.2 Å². The lowest BCUT2D eigenvalue weighted by molar-refractivity contribution is -0.182. The highest BCUT2D eigenvalue weighted by atomic mass is 19.4. The van der Waals surface area contributed by atoms with E-state index in [-0.39, 0.29) is 60.5 Å². The Bertz CT molecular complexity index is 1560. The van der Waals surface area contributed by atoms with Crippen LogP contribution in [0.25, 0.3) is 11.2 Å². The number of nitrogens with zero attached hydrogens (tertiary/aromatic N) is 2. The predicted octanol–water partition coefficient (Wildman–Crippen LogP) is 5.60. The number of anilines is 2. The highest BCUT2D eigenvalue weighted by Crippen LogP contribution is 2.38. The zero-order valence-electron chi connectivity index (χ0n) is 24.4. The van der Waals surface area contributed by atoms with Gasteiger partial charge in [0.15, 0.2) is 12.3 Å². The maximum Gasteiger partial charge on any atom is 0.418 e. The number of alkyl halides is 8. The van der Waals surface area contributed by atoms with Crippen LogP contribution < -0.4 is 20.7 Å². The number of aromatic amines is 1. The number of benzene rings is 1. The number of halogens is 8. The first-order valence-electron chi connectivity index (χ1n) is 14.0. The Morgan fingerprint density at radius 3 is 2.30 bits per heavy atom. The Morgan fingerprint density at radius 2 is 1.72 bits per heavy atom. The average Bonchev–Trinajstić information content (AvgIpc) is 3.34. The van der Waals surface area contributed by atoms with Gasteiger partial charge in [-0.25, -0.2) is 8.78 Å². The number of carbonyl (C=O) groups is 2. The first kappa shape index (κ1) is 34.6. The summed E-state index contributed by atoms with van der Waals surface area (Å²) < 4.78 is 111. The number of aromatic nitrogens is 3. The van der Waals surface area contributed by atoms with Gasteiger partial charge >= 0.3 is 12.4 Å². The van der Waals surface area contributed by atoms with Crippen LogP contribution in [0.2, 0.25) is 0 Å². The number of hydrogen-bond acceptors (Lipinski definition) is 7. The van der Waals surface area contributed by atoms with E-state index in [0.717, 1.165) is 24.3 Å². The fraction of sp³-hybridized carbons (Fsp3) is 0.500. The van der Waals surface area contributed by atoms with Crippen LogP contribution in [0, 0.1) is 5.92 Å². The zero-order valence-corrected chi connectivity index (χ0v) is 24.4. The standard InChI is InChI=1S/C28H30F8N6O4/c1-26(2,45)24(44)37-11-13-3-8-17(28(34,35)36)18(9-13)39-25-40-19-10-16(23(41-21(19)42-25)46-12-20(29)30)22(43)38-15-6-4-14(5-7-15)27(31,32)33/h3,8-10,14-15,20,45H,4-7,11-12H2,1-2H3,(H,37,44)(H,38,43)(H2,39,40,41,42). The van der Waals surface area contributed by atoms with Gasteiger partial charge in [-0.2, -0.15) is 36.3 Å². The second-order valence-corrected chi connectivity index (χ2v) is 11.3. The summed E-state index contributed by atoms with van der Waals surface area (Å²) in [5, 5.41) is 17.2. The van der Waals surface area contributed by atoms with E-state index >= 15 is 0 Å². The van der Waals surface area contributed by atoms with E-state index in [1.54, 1.807) is 0 Å². The van der Waals surface area contributed by atoms with Gasteiger partial charge in [0.2, 0.25) is 11.8 Å². The summed E-state index contributed by atoms with van der Waals surface area (Å²) in [7, 11) is 0. The lowest BCUT2D eigenvalue weighted by Crippen LogP contribution is -2.41. The van der Waals surface area contributed by atoms with Crippen LogP contribution in [0.1, 0.15) is 61.0 Å². The number of nitrogens with one attached hydrogen (secondary N) is 4. The molecular formula is C28H30F8N6O4. The lowest BCUT2D eigenvalue weighted by Gasteiger charge is -2.30. The molecule has 252 valence electrons. The molecular weight excluding hydrogens is 636 g/mol. The number of rotatable bonds is 10. The third-order valence-electron chi connectivity index (χ3n) is 7.21. The van der Waals surface area contributed by atoms with E-state index < -0.39 is 71.9 Å². The van der Waals surface area contributed by atoms with E-state index in [4.69, 9.17) is 4.74 Å². The summed E-state index contributed by atoms with van der Waals surface area (Å²) in [6, 6.07) is 3.50. The minimum Gasteiger partial charge on any atom is -0.471 e. The van der Waals surface area contributed by atoms with Crippen molar-refractivity contribution in [1.29, 1.82) is 0 Å². The zero-order chi connectivity index (χ0) is 34.0. The van der Waals surface area contributed by atoms with Gasteiger partial charge < -0.3 is 30.8 Å². The molecule has 1 saturated carbocycles. The molecule has 46 heavy (non-hydrogen) atoms. The molecule has 0 saturated heterocycles. The van der Waals surface area contributed by atoms with Crippen LogP contribution in [0.4, 0.5) is 46.8 Å². The van der Waals surface area contributed by atoms with Gasteiger partial charge in [-0.15, -0.1) is 0 Å². The summed E-state index contributed by atoms with van der Waals surface area (Å²) in [4.78, 5) is 35.8. The predicted molar refractivity (Wildman–Crippen MR) is 148 cm³/mol. The molecule has 18 heteroatoms. The molecule has 3 aromatic rings. The Kier molecular flexibility index (Phi) is 9.98. The normalized spacial score (nSPS) is 17.7. The molecule has 0 bridgehead atoms. The average molecular weight is 667 g/mol. The Morgan fingerprint density at radius 1 is 1.04 bits per heavy atom. The van der Waals surface area contributed by atoms with Crippen LogP contribution in [-0.4, -0.2) is 62.7 Å². The van der Waals surface area contributed by atoms with E-state index in [2.05, 4.69) is 30.9 Å². The summed E-state index contributed by atoms with van der Waals surface area (Å²) in [5.41, 5.74) is -3.64. The minimum absolute atomic E-state index is 0.0000182. The van der Waals surface area contributed by atoms with Crippen molar-refractivity contribution in [2.45, 2.75) is 76.5 Å². The molecule has 2 amide bonds. The molecule has 1 aliphatic carbocycles. The molecule has 1 aliphatic rings. The number of aliphatic hydroxyl groups is 1. The Hall–Kier alpha value is -4.22. The number of hydrogen-bond donors (Lipinski definition) is 5. The fourth-order valence-corrected chi connectivity index (χ4v) is 4.81. The molecule has 4 rings (SSSR count). The van der Waals surface area contributed by atoms with Crippen molar-refractivity contribution in [2.75, 3.05) is 11.9 Å². The summed E-state index contributed by atoms with van der Waals surface area (Å²) >= 11 is 0. The molecule has 10 nitrogen and oxygen atoms in total. The number of fused-ring (bicyclic) bond motifs is 1. The molecule has 0 atom stereocenters. The van der Waals surface area contributed by atoms with Crippen molar-refractivity contribution < 1.29 is 54.6 Å². The van der Waals surface area contributed by atoms with E-state index in [1.165, 1.54) is 13.8 Å². The first-order chi connectivity index (χ1) is 21.3. The van der Waals surface area contributed by atoms with Crippen molar-refractivity contribution >= 4 is 34.6 Å². The van der Waals surface area contributed by atoms with Crippen molar-refractivity contribution in [1.82, 2.24) is 25.6 Å². The fourth-order valence-electron chi connectivity index (χ4n) is 4.81. The number of imidazole rings is 1. The summed E-state index contributed by atoms with van der Waals surface area (Å²) in [6.07, 6.45) is -12.5. The number of amides is 2. The molecule has 5 N–H and O–H groups in total. The molecule has 0 radical (unpaired) electrons. The van der Waals surface area contributed by atoms with Gasteiger partial charge in [-0.3, -0.25) is 9.59 Å². The van der Waals surface area contributed by atoms with Gasteiger partial charge in [0.1, 0.15) is 11.2 Å². The van der Waals surface area contributed by atoms with Gasteiger partial charge in [0, 0.05) is 12.6 Å². The van der Waals surface area contributed by atoms with Crippen LogP contribution in [0.5, 0.6) is 5.88 Å². The number of H-pyrrole nitrogens is 1. The smallest absolute Gasteiger partial charge is 0.418 e. The van der Waals surface area contributed by atoms with Gasteiger partial charge in [0.05, 0.1) is 22.7 Å². The molecule has 1 fully saturated rings. The highest BCUT2D eigenvalue weighted by molar-refractivity contribution is 5.99. The molecule has 0 unspecified atom stereocenters. The lowest BCUT2D eigenvalue weighted by atomic mass is 9.85.